The van der Waals surface area contributed by atoms with E-state index in [1.165, 1.54) is 7.11 Å². The van der Waals surface area contributed by atoms with Crippen molar-refractivity contribution in [3.63, 3.8) is 0 Å². The Kier molecular flexibility index (Phi) is 4.93. The molecule has 27 heavy (non-hydrogen) atoms. The Bertz CT molecular complexity index is 924. The number of ketones is 2. The third-order valence-corrected chi connectivity index (χ3v) is 6.77. The van der Waals surface area contributed by atoms with E-state index in [0.29, 0.717) is 27.8 Å². The lowest BCUT2D eigenvalue weighted by Gasteiger charge is -2.48. The van der Waals surface area contributed by atoms with Gasteiger partial charge in [-0.2, -0.15) is 0 Å². The molecule has 0 heterocycles. The van der Waals surface area contributed by atoms with Gasteiger partial charge in [0.25, 0.3) is 0 Å². The van der Waals surface area contributed by atoms with Gasteiger partial charge in [-0.25, -0.2) is 0 Å². The van der Waals surface area contributed by atoms with Crippen LogP contribution in [0.15, 0.2) is 52.1 Å². The summed E-state index contributed by atoms with van der Waals surface area (Å²) in [6, 6.07) is 3.51. The summed E-state index contributed by atoms with van der Waals surface area (Å²) in [6.07, 6.45) is 4.26. The van der Waals surface area contributed by atoms with Crippen molar-refractivity contribution in [2.24, 2.45) is 11.3 Å². The van der Waals surface area contributed by atoms with Gasteiger partial charge in [-0.1, -0.05) is 25.7 Å². The Hall–Kier alpha value is -2.14. The predicted octanol–water partition coefficient (Wildman–Crippen LogP) is 4.87. The summed E-state index contributed by atoms with van der Waals surface area (Å²) in [6.45, 7) is 9.26. The van der Waals surface area contributed by atoms with E-state index in [-0.39, 0.29) is 23.2 Å². The molecule has 0 aliphatic heterocycles. The van der Waals surface area contributed by atoms with E-state index in [0.717, 1.165) is 11.1 Å². The number of hydrogen-bond acceptors (Lipinski definition) is 4. The van der Waals surface area contributed by atoms with Crippen LogP contribution in [0.5, 0.6) is 11.5 Å². The van der Waals surface area contributed by atoms with Crippen molar-refractivity contribution in [3.8, 4) is 11.5 Å². The molecule has 4 nitrogen and oxygen atoms in total. The first-order chi connectivity index (χ1) is 12.7. The number of hydrogen-bond donors (Lipinski definition) is 1. The molecular weight excluding hydrogens is 408 g/mol. The van der Waals surface area contributed by atoms with Crippen molar-refractivity contribution in [2.75, 3.05) is 7.11 Å². The number of rotatable bonds is 3. The Morgan fingerprint density at radius 1 is 1.30 bits per heavy atom. The highest BCUT2D eigenvalue weighted by Gasteiger charge is 2.56. The molecule has 0 bridgehead atoms. The number of phenolic OH excluding ortho intramolecular Hbond substituents is 1. The number of fused-ring (bicyclic) bond motifs is 1. The first-order valence-corrected chi connectivity index (χ1v) is 9.63. The fourth-order valence-electron chi connectivity index (χ4n) is 4.51. The highest BCUT2D eigenvalue weighted by molar-refractivity contribution is 9.10. The second-order valence-corrected chi connectivity index (χ2v) is 8.26. The third kappa shape index (κ3) is 2.71. The molecule has 1 N–H and O–H groups in total. The van der Waals surface area contributed by atoms with Gasteiger partial charge < -0.3 is 9.84 Å². The van der Waals surface area contributed by atoms with Crippen LogP contribution in [0.3, 0.4) is 0 Å². The molecule has 1 aromatic rings. The lowest BCUT2D eigenvalue weighted by molar-refractivity contribution is -0.138. The number of methoxy groups -OCH3 is 1. The quantitative estimate of drug-likeness (QED) is 0.742. The zero-order chi connectivity index (χ0) is 20.1. The Balaban J connectivity index is 2.29. The second kappa shape index (κ2) is 6.79. The number of phenols is 1. The van der Waals surface area contributed by atoms with Crippen LogP contribution in [-0.2, 0) is 9.59 Å². The van der Waals surface area contributed by atoms with Crippen LogP contribution in [0.25, 0.3) is 0 Å². The maximum absolute atomic E-state index is 13.4. The van der Waals surface area contributed by atoms with E-state index in [4.69, 9.17) is 4.74 Å². The standard InChI is InChI=1S/C22H23BrO4/c1-6-13-7-8-15-19(24)11(2)12(3)21(26)22(15,4)18(13)14-9-16(23)20(25)17(10-14)27-5/h6-7,9-10,15,18,25H,1,8H2,2-5H3/t15-,18+,22+/m0/s1. The van der Waals surface area contributed by atoms with Crippen molar-refractivity contribution in [1.29, 1.82) is 0 Å². The molecule has 2 aliphatic rings. The minimum Gasteiger partial charge on any atom is -0.503 e. The zero-order valence-corrected chi connectivity index (χ0v) is 17.5. The zero-order valence-electron chi connectivity index (χ0n) is 15.9. The van der Waals surface area contributed by atoms with Gasteiger partial charge >= 0.3 is 0 Å². The van der Waals surface area contributed by atoms with Crippen molar-refractivity contribution >= 4 is 27.5 Å². The van der Waals surface area contributed by atoms with Gasteiger partial charge in [-0.3, -0.25) is 9.59 Å². The van der Waals surface area contributed by atoms with Crippen LogP contribution < -0.4 is 4.74 Å². The molecule has 2 aliphatic carbocycles. The molecule has 0 spiro atoms. The molecule has 0 aromatic heterocycles. The Morgan fingerprint density at radius 3 is 2.56 bits per heavy atom. The molecule has 0 saturated heterocycles. The summed E-state index contributed by atoms with van der Waals surface area (Å²) >= 11 is 3.36. The van der Waals surface area contributed by atoms with Gasteiger partial charge in [0.05, 0.1) is 17.0 Å². The van der Waals surface area contributed by atoms with Gasteiger partial charge in [0.2, 0.25) is 0 Å². The van der Waals surface area contributed by atoms with Gasteiger partial charge in [0.15, 0.2) is 23.1 Å². The Morgan fingerprint density at radius 2 is 1.96 bits per heavy atom. The highest BCUT2D eigenvalue weighted by Crippen LogP contribution is 2.56. The molecule has 5 heteroatoms. The summed E-state index contributed by atoms with van der Waals surface area (Å²) in [5.74, 6) is -0.443. The van der Waals surface area contributed by atoms with Gasteiger partial charge in [-0.15, -0.1) is 0 Å². The first kappa shape index (κ1) is 19.6. The molecule has 3 atom stereocenters. The molecule has 3 rings (SSSR count). The summed E-state index contributed by atoms with van der Waals surface area (Å²) in [5.41, 5.74) is 1.87. The topological polar surface area (TPSA) is 63.6 Å². The largest absolute Gasteiger partial charge is 0.503 e. The van der Waals surface area contributed by atoms with E-state index in [1.54, 1.807) is 32.1 Å². The monoisotopic (exact) mass is 430 g/mol. The van der Waals surface area contributed by atoms with Crippen molar-refractivity contribution in [2.45, 2.75) is 33.1 Å². The number of carbonyl (C=O) groups is 2. The number of ether oxygens (including phenoxy) is 1. The maximum atomic E-state index is 13.4. The van der Waals surface area contributed by atoms with Gasteiger partial charge in [0, 0.05) is 11.8 Å². The lowest BCUT2D eigenvalue weighted by Crippen LogP contribution is -2.50. The minimum atomic E-state index is -0.916. The first-order valence-electron chi connectivity index (χ1n) is 8.83. The molecule has 142 valence electrons. The number of allylic oxidation sites excluding steroid dienone is 5. The smallest absolute Gasteiger partial charge is 0.172 e. The summed E-state index contributed by atoms with van der Waals surface area (Å²) < 4.78 is 5.77. The normalized spacial score (nSPS) is 28.0. The number of Topliss-reactive ketones (excluding diaryl/α,β-unsaturated/α-hetero) is 2. The SMILES string of the molecule is C=CC1=CC[C@H]2C(=O)C(C)=C(C)C(=O)[C@@]2(C)[C@H]1c1cc(Br)c(O)c(OC)c1. The van der Waals surface area contributed by atoms with Crippen molar-refractivity contribution < 1.29 is 19.4 Å². The van der Waals surface area contributed by atoms with E-state index in [2.05, 4.69) is 22.5 Å². The number of carbonyl (C=O) groups excluding carboxylic acids is 2. The molecule has 1 aromatic carbocycles. The molecule has 0 fully saturated rings. The fourth-order valence-corrected chi connectivity index (χ4v) is 4.97. The molecule has 0 unspecified atom stereocenters. The summed E-state index contributed by atoms with van der Waals surface area (Å²) in [4.78, 5) is 26.4. The van der Waals surface area contributed by atoms with Crippen LogP contribution in [0.1, 0.15) is 38.7 Å². The third-order valence-electron chi connectivity index (χ3n) is 6.16. The van der Waals surface area contributed by atoms with Crippen LogP contribution in [0, 0.1) is 11.3 Å². The number of halogens is 1. The Labute approximate surface area is 167 Å². The van der Waals surface area contributed by atoms with E-state index in [9.17, 15) is 14.7 Å². The van der Waals surface area contributed by atoms with Crippen LogP contribution in [0.4, 0.5) is 0 Å². The van der Waals surface area contributed by atoms with Crippen molar-refractivity contribution in [3.05, 3.63) is 57.6 Å². The lowest BCUT2D eigenvalue weighted by atomic mass is 9.52. The van der Waals surface area contributed by atoms with Crippen LogP contribution in [-0.4, -0.2) is 23.8 Å². The van der Waals surface area contributed by atoms with E-state index >= 15 is 0 Å². The minimum absolute atomic E-state index is 0.000799. The predicted molar refractivity (Wildman–Crippen MR) is 108 cm³/mol. The highest BCUT2D eigenvalue weighted by atomic mass is 79.9. The van der Waals surface area contributed by atoms with Crippen molar-refractivity contribution in [1.82, 2.24) is 0 Å². The molecule has 0 radical (unpaired) electrons. The van der Waals surface area contributed by atoms with Crippen LogP contribution in [0.2, 0.25) is 0 Å². The molecule has 0 saturated carbocycles. The number of benzene rings is 1. The average Bonchev–Trinajstić information content (AvgIpc) is 2.66. The second-order valence-electron chi connectivity index (χ2n) is 7.41. The van der Waals surface area contributed by atoms with E-state index < -0.39 is 11.3 Å². The number of aromatic hydroxyl groups is 1. The van der Waals surface area contributed by atoms with E-state index in [1.807, 2.05) is 13.0 Å². The molecular formula is C22H23BrO4. The summed E-state index contributed by atoms with van der Waals surface area (Å²) in [5, 5.41) is 10.2. The van der Waals surface area contributed by atoms with Gasteiger partial charge in [-0.05, 0) is 70.6 Å². The average molecular weight is 431 g/mol. The molecule has 0 amide bonds. The van der Waals surface area contributed by atoms with Gasteiger partial charge in [0.1, 0.15) is 0 Å². The summed E-state index contributed by atoms with van der Waals surface area (Å²) in [7, 11) is 1.48. The fraction of sp³-hybridized carbons (Fsp3) is 0.364. The van der Waals surface area contributed by atoms with Crippen LogP contribution >= 0.6 is 15.9 Å². The maximum Gasteiger partial charge on any atom is 0.172 e.